The SMILES string of the molecule is COc1ccc2c(c1)C1NC(=S)N(C(C)C)C(C)(O2)C1C. The first-order valence-electron chi connectivity index (χ1n) is 7.35. The molecule has 1 fully saturated rings. The van der Waals surface area contributed by atoms with Gasteiger partial charge in [0.05, 0.1) is 13.2 Å². The van der Waals surface area contributed by atoms with E-state index in [2.05, 4.69) is 37.9 Å². The van der Waals surface area contributed by atoms with Crippen molar-refractivity contribution in [3.05, 3.63) is 23.8 Å². The lowest BCUT2D eigenvalue weighted by molar-refractivity contribution is -0.121. The van der Waals surface area contributed by atoms with E-state index in [1.54, 1.807) is 7.11 Å². The predicted octanol–water partition coefficient (Wildman–Crippen LogP) is 3.08. The van der Waals surface area contributed by atoms with Crippen LogP contribution in [-0.4, -0.2) is 28.9 Å². The number of benzene rings is 1. The highest BCUT2D eigenvalue weighted by molar-refractivity contribution is 7.80. The summed E-state index contributed by atoms with van der Waals surface area (Å²) in [5, 5.41) is 4.24. The molecule has 4 nitrogen and oxygen atoms in total. The lowest BCUT2D eigenvalue weighted by atomic mass is 9.80. The quantitative estimate of drug-likeness (QED) is 0.849. The fraction of sp³-hybridized carbons (Fsp3) is 0.562. The van der Waals surface area contributed by atoms with E-state index >= 15 is 0 Å². The van der Waals surface area contributed by atoms with Crippen LogP contribution in [0.4, 0.5) is 0 Å². The van der Waals surface area contributed by atoms with Crippen LogP contribution in [0.15, 0.2) is 18.2 Å². The molecule has 1 aromatic rings. The van der Waals surface area contributed by atoms with Crippen molar-refractivity contribution in [1.29, 1.82) is 0 Å². The first-order valence-corrected chi connectivity index (χ1v) is 7.76. The van der Waals surface area contributed by atoms with Gasteiger partial charge in [-0.15, -0.1) is 0 Å². The highest BCUT2D eigenvalue weighted by Crippen LogP contribution is 2.49. The summed E-state index contributed by atoms with van der Waals surface area (Å²) in [5.74, 6) is 2.01. The van der Waals surface area contributed by atoms with Crippen molar-refractivity contribution in [3.8, 4) is 11.5 Å². The minimum absolute atomic E-state index is 0.149. The molecule has 2 bridgehead atoms. The van der Waals surface area contributed by atoms with Gasteiger partial charge in [-0.05, 0) is 51.2 Å². The van der Waals surface area contributed by atoms with E-state index in [0.717, 1.165) is 22.2 Å². The summed E-state index contributed by atoms with van der Waals surface area (Å²) in [6.45, 7) is 8.61. The van der Waals surface area contributed by atoms with Crippen molar-refractivity contribution < 1.29 is 9.47 Å². The summed E-state index contributed by atoms with van der Waals surface area (Å²) in [6, 6.07) is 6.39. The third-order valence-electron chi connectivity index (χ3n) is 4.71. The Morgan fingerprint density at radius 3 is 2.76 bits per heavy atom. The standard InChI is InChI=1S/C16H22N2O2S/c1-9(2)18-15(21)17-14-10(3)16(18,4)20-13-7-6-11(19-5)8-12(13)14/h6-10,14H,1-5H3,(H,17,21). The van der Waals surface area contributed by atoms with Crippen LogP contribution < -0.4 is 14.8 Å². The zero-order chi connectivity index (χ0) is 15.4. The van der Waals surface area contributed by atoms with Gasteiger partial charge in [-0.3, -0.25) is 0 Å². The van der Waals surface area contributed by atoms with E-state index in [-0.39, 0.29) is 18.0 Å². The second kappa shape index (κ2) is 4.77. The minimum Gasteiger partial charge on any atom is -0.497 e. The van der Waals surface area contributed by atoms with Gasteiger partial charge in [0, 0.05) is 17.5 Å². The van der Waals surface area contributed by atoms with Crippen molar-refractivity contribution in [2.75, 3.05) is 7.11 Å². The highest BCUT2D eigenvalue weighted by atomic mass is 32.1. The van der Waals surface area contributed by atoms with Crippen molar-refractivity contribution in [2.45, 2.75) is 45.5 Å². The van der Waals surface area contributed by atoms with Crippen molar-refractivity contribution in [3.63, 3.8) is 0 Å². The molecule has 0 amide bonds. The monoisotopic (exact) mass is 306 g/mol. The molecule has 3 atom stereocenters. The summed E-state index contributed by atoms with van der Waals surface area (Å²) in [6.07, 6.45) is 0. The van der Waals surface area contributed by atoms with Gasteiger partial charge in [0.15, 0.2) is 10.8 Å². The van der Waals surface area contributed by atoms with Gasteiger partial charge in [-0.2, -0.15) is 0 Å². The summed E-state index contributed by atoms with van der Waals surface area (Å²) < 4.78 is 11.7. The molecule has 0 aromatic heterocycles. The van der Waals surface area contributed by atoms with Gasteiger partial charge >= 0.3 is 0 Å². The molecule has 0 spiro atoms. The highest BCUT2D eigenvalue weighted by Gasteiger charge is 2.53. The first kappa shape index (κ1) is 14.4. The molecule has 1 N–H and O–H groups in total. The van der Waals surface area contributed by atoms with Gasteiger partial charge in [0.25, 0.3) is 0 Å². The van der Waals surface area contributed by atoms with Crippen LogP contribution in [0.25, 0.3) is 0 Å². The van der Waals surface area contributed by atoms with Gasteiger partial charge in [-0.25, -0.2) is 0 Å². The molecule has 2 aliphatic rings. The molecule has 2 heterocycles. The maximum Gasteiger partial charge on any atom is 0.187 e. The zero-order valence-corrected chi connectivity index (χ0v) is 14.0. The predicted molar refractivity (Wildman–Crippen MR) is 86.6 cm³/mol. The zero-order valence-electron chi connectivity index (χ0n) is 13.1. The molecule has 0 aliphatic carbocycles. The number of thiocarbonyl (C=S) groups is 1. The van der Waals surface area contributed by atoms with Crippen molar-refractivity contribution >= 4 is 17.3 Å². The van der Waals surface area contributed by atoms with Gasteiger partial charge < -0.3 is 19.7 Å². The molecule has 1 aromatic carbocycles. The fourth-order valence-corrected chi connectivity index (χ4v) is 4.03. The maximum absolute atomic E-state index is 6.39. The van der Waals surface area contributed by atoms with E-state index < -0.39 is 5.72 Å². The normalized spacial score (nSPS) is 30.6. The molecule has 0 radical (unpaired) electrons. The minimum atomic E-state index is -0.428. The number of rotatable bonds is 2. The van der Waals surface area contributed by atoms with E-state index in [0.29, 0.717) is 0 Å². The van der Waals surface area contributed by atoms with E-state index in [4.69, 9.17) is 21.7 Å². The average molecular weight is 306 g/mol. The number of methoxy groups -OCH3 is 1. The third kappa shape index (κ3) is 1.98. The molecular weight excluding hydrogens is 284 g/mol. The number of hydrogen-bond acceptors (Lipinski definition) is 3. The Morgan fingerprint density at radius 1 is 1.43 bits per heavy atom. The van der Waals surface area contributed by atoms with Crippen LogP contribution in [-0.2, 0) is 0 Å². The number of ether oxygens (including phenoxy) is 2. The van der Waals surface area contributed by atoms with E-state index in [1.807, 2.05) is 18.2 Å². The first-order chi connectivity index (χ1) is 9.88. The summed E-state index contributed by atoms with van der Waals surface area (Å²) in [4.78, 5) is 2.16. The summed E-state index contributed by atoms with van der Waals surface area (Å²) >= 11 is 5.58. The Labute approximate surface area is 131 Å². The molecule has 2 aliphatic heterocycles. The molecule has 3 rings (SSSR count). The average Bonchev–Trinajstić information content (AvgIpc) is 2.41. The molecule has 1 saturated heterocycles. The van der Waals surface area contributed by atoms with Crippen LogP contribution >= 0.6 is 12.2 Å². The van der Waals surface area contributed by atoms with Crippen molar-refractivity contribution in [2.24, 2.45) is 5.92 Å². The Balaban J connectivity index is 2.12. The Kier molecular flexibility index (Phi) is 3.28. The molecule has 5 heteroatoms. The van der Waals surface area contributed by atoms with Crippen LogP contribution in [0, 0.1) is 5.92 Å². The molecule has 21 heavy (non-hydrogen) atoms. The van der Waals surface area contributed by atoms with Gasteiger partial charge in [0.2, 0.25) is 0 Å². The second-order valence-electron chi connectivity index (χ2n) is 6.24. The molecule has 114 valence electrons. The Bertz CT molecular complexity index is 590. The number of fused-ring (bicyclic) bond motifs is 4. The van der Waals surface area contributed by atoms with Crippen LogP contribution in [0.1, 0.15) is 39.3 Å². The van der Waals surface area contributed by atoms with Crippen molar-refractivity contribution in [1.82, 2.24) is 10.2 Å². The van der Waals surface area contributed by atoms with Crippen LogP contribution in [0.2, 0.25) is 0 Å². The Morgan fingerprint density at radius 2 is 2.14 bits per heavy atom. The number of nitrogens with one attached hydrogen (secondary N) is 1. The van der Waals surface area contributed by atoms with Gasteiger partial charge in [0.1, 0.15) is 11.5 Å². The van der Waals surface area contributed by atoms with E-state index in [1.165, 1.54) is 0 Å². The second-order valence-corrected chi connectivity index (χ2v) is 6.63. The van der Waals surface area contributed by atoms with E-state index in [9.17, 15) is 0 Å². The molecular formula is C16H22N2O2S. The fourth-order valence-electron chi connectivity index (χ4n) is 3.51. The summed E-state index contributed by atoms with van der Waals surface area (Å²) in [5.41, 5.74) is 0.688. The topological polar surface area (TPSA) is 33.7 Å². The lowest BCUT2D eigenvalue weighted by Crippen LogP contribution is -2.70. The number of hydrogen-bond donors (Lipinski definition) is 1. The van der Waals surface area contributed by atoms with Crippen LogP contribution in [0.5, 0.6) is 11.5 Å². The number of nitrogens with zero attached hydrogens (tertiary/aromatic N) is 1. The Hall–Kier alpha value is -1.49. The smallest absolute Gasteiger partial charge is 0.187 e. The van der Waals surface area contributed by atoms with Gasteiger partial charge in [-0.1, -0.05) is 6.92 Å². The lowest BCUT2D eigenvalue weighted by Gasteiger charge is -2.57. The largest absolute Gasteiger partial charge is 0.497 e. The maximum atomic E-state index is 6.39. The van der Waals surface area contributed by atoms with Crippen LogP contribution in [0.3, 0.4) is 0 Å². The molecule has 3 unspecified atom stereocenters. The third-order valence-corrected chi connectivity index (χ3v) is 5.02. The molecule has 0 saturated carbocycles. The summed E-state index contributed by atoms with van der Waals surface area (Å²) in [7, 11) is 1.68.